The molecule has 1 heterocycles. The molecule has 4 rings (SSSR count). The molecule has 34 heavy (non-hydrogen) atoms. The van der Waals surface area contributed by atoms with Gasteiger partial charge in [-0.05, 0) is 61.9 Å². The summed E-state index contributed by atoms with van der Waals surface area (Å²) in [4.78, 5) is 30.1. The fourth-order valence-corrected chi connectivity index (χ4v) is 4.66. The summed E-state index contributed by atoms with van der Waals surface area (Å²) in [7, 11) is 0. The zero-order valence-electron chi connectivity index (χ0n) is 18.8. The highest BCUT2D eigenvalue weighted by Gasteiger charge is 2.47. The second-order valence-corrected chi connectivity index (χ2v) is 8.80. The molecule has 1 aliphatic heterocycles. The maximum atomic E-state index is 13.2. The zero-order chi connectivity index (χ0) is 24.4. The van der Waals surface area contributed by atoms with E-state index in [1.165, 1.54) is 4.90 Å². The summed E-state index contributed by atoms with van der Waals surface area (Å²) in [5, 5.41) is 12.0. The van der Waals surface area contributed by atoms with E-state index in [0.29, 0.717) is 26.9 Å². The molecule has 1 saturated heterocycles. The number of halogens is 2. The Morgan fingerprint density at radius 1 is 0.912 bits per heavy atom. The molecule has 7 heteroatoms. The lowest BCUT2D eigenvalue weighted by Crippen LogP contribution is -2.29. The van der Waals surface area contributed by atoms with Crippen molar-refractivity contribution in [1.82, 2.24) is 0 Å². The number of carbonyl (C=O) groups excluding carboxylic acids is 2. The summed E-state index contributed by atoms with van der Waals surface area (Å²) in [6.07, 6.45) is 0. The maximum Gasteiger partial charge on any atom is 0.300 e. The van der Waals surface area contributed by atoms with E-state index in [1.807, 2.05) is 24.3 Å². The van der Waals surface area contributed by atoms with E-state index in [-0.39, 0.29) is 11.3 Å². The Balaban J connectivity index is 1.91. The topological polar surface area (TPSA) is 60.9 Å². The molecule has 174 valence electrons. The third-order valence-electron chi connectivity index (χ3n) is 5.97. The largest absolute Gasteiger partial charge is 0.507 e. The average molecular weight is 495 g/mol. The van der Waals surface area contributed by atoms with Gasteiger partial charge in [-0.15, -0.1) is 0 Å². The normalized spacial score (nSPS) is 17.3. The van der Waals surface area contributed by atoms with Crippen LogP contribution in [-0.4, -0.2) is 29.9 Å². The lowest BCUT2D eigenvalue weighted by Gasteiger charge is -2.27. The molecule has 1 fully saturated rings. The van der Waals surface area contributed by atoms with Crippen molar-refractivity contribution in [2.75, 3.05) is 22.9 Å². The van der Waals surface area contributed by atoms with E-state index >= 15 is 0 Å². The van der Waals surface area contributed by atoms with E-state index in [2.05, 4.69) is 18.7 Å². The lowest BCUT2D eigenvalue weighted by molar-refractivity contribution is -0.132. The molecule has 1 N–H and O–H groups in total. The van der Waals surface area contributed by atoms with Crippen molar-refractivity contribution < 1.29 is 14.7 Å². The molecule has 0 saturated carbocycles. The van der Waals surface area contributed by atoms with Crippen molar-refractivity contribution in [3.8, 4) is 0 Å². The first-order valence-corrected chi connectivity index (χ1v) is 11.8. The maximum absolute atomic E-state index is 13.2. The van der Waals surface area contributed by atoms with Gasteiger partial charge in [-0.25, -0.2) is 0 Å². The number of aliphatic hydroxyl groups excluding tert-OH is 1. The summed E-state index contributed by atoms with van der Waals surface area (Å²) < 4.78 is 0. The molecule has 1 unspecified atom stereocenters. The Morgan fingerprint density at radius 3 is 2.12 bits per heavy atom. The van der Waals surface area contributed by atoms with Crippen molar-refractivity contribution in [2.45, 2.75) is 19.9 Å². The van der Waals surface area contributed by atoms with E-state index in [1.54, 1.807) is 48.5 Å². The Bertz CT molecular complexity index is 1270. The number of amides is 1. The Kier molecular flexibility index (Phi) is 6.96. The van der Waals surface area contributed by atoms with Gasteiger partial charge in [0.25, 0.3) is 11.7 Å². The first-order chi connectivity index (χ1) is 16.3. The van der Waals surface area contributed by atoms with Crippen LogP contribution >= 0.6 is 23.2 Å². The molecular formula is C27H24Cl2N2O3. The minimum atomic E-state index is -0.830. The highest BCUT2D eigenvalue weighted by Crippen LogP contribution is 2.43. The third kappa shape index (κ3) is 4.41. The minimum absolute atomic E-state index is 0.00262. The highest BCUT2D eigenvalue weighted by molar-refractivity contribution is 6.51. The third-order valence-corrected chi connectivity index (χ3v) is 6.44. The Hall–Kier alpha value is -3.28. The second-order valence-electron chi connectivity index (χ2n) is 7.92. The Labute approximate surface area is 208 Å². The first-order valence-electron chi connectivity index (χ1n) is 11.0. The predicted molar refractivity (Wildman–Crippen MR) is 138 cm³/mol. The molecule has 0 bridgehead atoms. The number of hydrogen-bond acceptors (Lipinski definition) is 4. The number of nitrogens with zero attached hydrogens (tertiary/aromatic N) is 2. The average Bonchev–Trinajstić information content (AvgIpc) is 3.10. The fourth-order valence-electron chi connectivity index (χ4n) is 4.29. The molecule has 0 radical (unpaired) electrons. The molecule has 0 aliphatic carbocycles. The van der Waals surface area contributed by atoms with Crippen molar-refractivity contribution in [2.24, 2.45) is 0 Å². The molecule has 1 aliphatic rings. The molecule has 0 spiro atoms. The van der Waals surface area contributed by atoms with Crippen LogP contribution in [0.5, 0.6) is 0 Å². The van der Waals surface area contributed by atoms with Crippen LogP contribution < -0.4 is 9.80 Å². The summed E-state index contributed by atoms with van der Waals surface area (Å²) in [6.45, 7) is 5.87. The fraction of sp³-hybridized carbons (Fsp3) is 0.185. The highest BCUT2D eigenvalue weighted by atomic mass is 35.5. The van der Waals surface area contributed by atoms with Crippen LogP contribution in [0.1, 0.15) is 31.0 Å². The van der Waals surface area contributed by atoms with Gasteiger partial charge in [-0.3, -0.25) is 14.5 Å². The quantitative estimate of drug-likeness (QED) is 0.242. The molecule has 0 aromatic heterocycles. The summed E-state index contributed by atoms with van der Waals surface area (Å²) in [6, 6.07) is 20.2. The lowest BCUT2D eigenvalue weighted by atomic mass is 9.95. The summed E-state index contributed by atoms with van der Waals surface area (Å²) in [5.74, 6) is -1.78. The minimum Gasteiger partial charge on any atom is -0.507 e. The molecule has 3 aromatic carbocycles. The van der Waals surface area contributed by atoms with Gasteiger partial charge in [0, 0.05) is 40.1 Å². The van der Waals surface area contributed by atoms with Crippen molar-refractivity contribution >= 4 is 52.0 Å². The number of benzene rings is 3. The first kappa shape index (κ1) is 23.9. The number of ketones is 1. The number of carbonyl (C=O) groups is 2. The van der Waals surface area contributed by atoms with Crippen LogP contribution in [0.3, 0.4) is 0 Å². The van der Waals surface area contributed by atoms with Gasteiger partial charge < -0.3 is 10.0 Å². The van der Waals surface area contributed by atoms with Gasteiger partial charge in [0.2, 0.25) is 0 Å². The second kappa shape index (κ2) is 9.92. The van der Waals surface area contributed by atoms with Gasteiger partial charge in [0.1, 0.15) is 5.76 Å². The molecular weight excluding hydrogens is 471 g/mol. The van der Waals surface area contributed by atoms with Crippen LogP contribution in [0.4, 0.5) is 11.4 Å². The smallest absolute Gasteiger partial charge is 0.300 e. The number of rotatable bonds is 6. The van der Waals surface area contributed by atoms with Crippen molar-refractivity contribution in [3.63, 3.8) is 0 Å². The van der Waals surface area contributed by atoms with E-state index in [0.717, 1.165) is 18.8 Å². The van der Waals surface area contributed by atoms with Crippen molar-refractivity contribution in [1.29, 1.82) is 0 Å². The summed E-state index contributed by atoms with van der Waals surface area (Å²) in [5.41, 5.74) is 2.56. The monoisotopic (exact) mass is 494 g/mol. The van der Waals surface area contributed by atoms with E-state index in [9.17, 15) is 14.7 Å². The van der Waals surface area contributed by atoms with Crippen LogP contribution in [-0.2, 0) is 9.59 Å². The van der Waals surface area contributed by atoms with Gasteiger partial charge in [0.05, 0.1) is 11.6 Å². The molecule has 5 nitrogen and oxygen atoms in total. The van der Waals surface area contributed by atoms with Crippen LogP contribution in [0, 0.1) is 0 Å². The number of aliphatic hydroxyl groups is 1. The number of Topliss-reactive ketones (excluding diaryl/α,β-unsaturated/α-hetero) is 1. The van der Waals surface area contributed by atoms with Crippen LogP contribution in [0.25, 0.3) is 5.76 Å². The number of anilines is 2. The molecule has 1 amide bonds. The van der Waals surface area contributed by atoms with Crippen LogP contribution in [0.15, 0.2) is 78.4 Å². The Morgan fingerprint density at radius 2 is 1.53 bits per heavy atom. The molecule has 1 atom stereocenters. The van der Waals surface area contributed by atoms with E-state index in [4.69, 9.17) is 23.2 Å². The zero-order valence-corrected chi connectivity index (χ0v) is 20.3. The SMILES string of the molecule is CCN(CC)c1ccc(C2/C(=C(\O)c3cccc(Cl)c3)C(=O)C(=O)N2c2cccc(Cl)c2)cc1. The molecule has 3 aromatic rings. The van der Waals surface area contributed by atoms with Gasteiger partial charge >= 0.3 is 0 Å². The standard InChI is InChI=1S/C27H24Cl2N2O3/c1-3-30(4-2)21-13-11-17(12-14-21)24-23(25(32)18-7-5-8-19(28)15-18)26(33)27(34)31(24)22-10-6-9-20(29)16-22/h5-16,24,32H,3-4H2,1-2H3/b25-23+. The van der Waals surface area contributed by atoms with E-state index < -0.39 is 17.7 Å². The van der Waals surface area contributed by atoms with Gasteiger partial charge in [-0.1, -0.05) is 53.5 Å². The van der Waals surface area contributed by atoms with Crippen LogP contribution in [0.2, 0.25) is 10.0 Å². The van der Waals surface area contributed by atoms with Gasteiger partial charge in [0.15, 0.2) is 0 Å². The summed E-state index contributed by atoms with van der Waals surface area (Å²) >= 11 is 12.3. The predicted octanol–water partition coefficient (Wildman–Crippen LogP) is 6.47. The van der Waals surface area contributed by atoms with Gasteiger partial charge in [-0.2, -0.15) is 0 Å². The van der Waals surface area contributed by atoms with Crippen molar-refractivity contribution in [3.05, 3.63) is 99.5 Å². The number of hydrogen-bond donors (Lipinski definition) is 1.